The first-order chi connectivity index (χ1) is 18.2. The fourth-order valence-corrected chi connectivity index (χ4v) is 7.12. The number of carbonyl (C=O) groups is 2. The Morgan fingerprint density at radius 3 is 2.76 bits per heavy atom. The highest BCUT2D eigenvalue weighted by atomic mass is 32.1. The molecule has 10 heteroatoms. The molecule has 0 spiro atoms. The number of hydrogen-bond donors (Lipinski definition) is 4. The Labute approximate surface area is 225 Å². The predicted molar refractivity (Wildman–Crippen MR) is 145 cm³/mol. The van der Waals surface area contributed by atoms with Gasteiger partial charge in [0, 0.05) is 59.2 Å². The fourth-order valence-electron chi connectivity index (χ4n) is 6.03. The van der Waals surface area contributed by atoms with Crippen LogP contribution in [-0.2, 0) is 17.8 Å². The van der Waals surface area contributed by atoms with Gasteiger partial charge in [0.05, 0.1) is 11.4 Å². The number of aromatic nitrogens is 2. The average molecular weight is 534 g/mol. The average Bonchev–Trinajstić information content (AvgIpc) is 3.45. The van der Waals surface area contributed by atoms with Crippen LogP contribution < -0.4 is 15.7 Å². The summed E-state index contributed by atoms with van der Waals surface area (Å²) >= 11 is 1.45. The van der Waals surface area contributed by atoms with E-state index in [-0.39, 0.29) is 41.4 Å². The molecule has 2 aromatic heterocycles. The maximum Gasteiger partial charge on any atom is 0.280 e. The first kappa shape index (κ1) is 25.1. The van der Waals surface area contributed by atoms with Gasteiger partial charge in [-0.2, -0.15) is 0 Å². The van der Waals surface area contributed by atoms with Crippen molar-refractivity contribution >= 4 is 40.0 Å². The quantitative estimate of drug-likeness (QED) is 0.285. The minimum Gasteiger partial charge on any atom is -0.858 e. The summed E-state index contributed by atoms with van der Waals surface area (Å²) in [7, 11) is 2.07. The number of rotatable bonds is 6. The molecule has 0 radical (unpaired) electrons. The van der Waals surface area contributed by atoms with Crippen molar-refractivity contribution in [1.29, 1.82) is 5.41 Å². The summed E-state index contributed by atoms with van der Waals surface area (Å²) in [5.74, 6) is -1.40. The summed E-state index contributed by atoms with van der Waals surface area (Å²) in [5, 5.41) is 28.0. The number of nitrogens with zero attached hydrogens (tertiary/aromatic N) is 2. The molecular weight excluding hydrogens is 500 g/mol. The van der Waals surface area contributed by atoms with Crippen LogP contribution in [0.2, 0.25) is 0 Å². The van der Waals surface area contributed by atoms with Crippen molar-refractivity contribution in [3.63, 3.8) is 0 Å². The van der Waals surface area contributed by atoms with Gasteiger partial charge in [-0.3, -0.25) is 9.59 Å². The Kier molecular flexibility index (Phi) is 6.47. The zero-order valence-corrected chi connectivity index (χ0v) is 22.5. The molecule has 0 saturated heterocycles. The van der Waals surface area contributed by atoms with Gasteiger partial charge in [-0.25, -0.2) is 4.98 Å². The van der Waals surface area contributed by atoms with Gasteiger partial charge in [0.1, 0.15) is 0 Å². The highest BCUT2D eigenvalue weighted by Crippen LogP contribution is 2.42. The first-order valence-corrected chi connectivity index (χ1v) is 14.2. The van der Waals surface area contributed by atoms with E-state index >= 15 is 0 Å². The van der Waals surface area contributed by atoms with Crippen LogP contribution in [0.3, 0.4) is 0 Å². The molecule has 200 valence electrons. The van der Waals surface area contributed by atoms with Gasteiger partial charge in [0.25, 0.3) is 5.91 Å². The van der Waals surface area contributed by atoms with E-state index in [2.05, 4.69) is 32.5 Å². The Morgan fingerprint density at radius 2 is 2.00 bits per heavy atom. The second kappa shape index (κ2) is 9.81. The number of benzene rings is 1. The summed E-state index contributed by atoms with van der Waals surface area (Å²) in [6.45, 7) is 3.74. The number of amides is 2. The SMILES string of the molecule is Cc1ccc2[nH]c(C(=N)[O-])c(C3CC(NC(=O)c4nc5c(s4)CN(C)CC5)C[C@@H](C(=O)NC4CC4)C3)c2c1. The number of aromatic amines is 1. The van der Waals surface area contributed by atoms with Crippen LogP contribution in [0.5, 0.6) is 0 Å². The lowest BCUT2D eigenvalue weighted by Gasteiger charge is -2.35. The van der Waals surface area contributed by atoms with E-state index in [1.807, 2.05) is 25.1 Å². The second-order valence-electron chi connectivity index (χ2n) is 11.2. The lowest BCUT2D eigenvalue weighted by atomic mass is 9.74. The second-order valence-corrected chi connectivity index (χ2v) is 12.3. The van der Waals surface area contributed by atoms with Gasteiger partial charge in [-0.1, -0.05) is 11.6 Å². The van der Waals surface area contributed by atoms with Crippen molar-refractivity contribution < 1.29 is 14.7 Å². The third kappa shape index (κ3) is 4.94. The van der Waals surface area contributed by atoms with Gasteiger partial charge in [-0.05, 0) is 69.7 Å². The maximum atomic E-state index is 13.3. The summed E-state index contributed by atoms with van der Waals surface area (Å²) in [4.78, 5) is 37.7. The van der Waals surface area contributed by atoms with Crippen LogP contribution in [0, 0.1) is 18.3 Å². The molecule has 2 saturated carbocycles. The molecule has 6 rings (SSSR count). The first-order valence-electron chi connectivity index (χ1n) is 13.4. The fraction of sp³-hybridized carbons (Fsp3) is 0.500. The number of likely N-dealkylation sites (N-methyl/N-ethyl adjacent to an activating group) is 1. The van der Waals surface area contributed by atoms with Crippen LogP contribution in [-0.4, -0.2) is 58.3 Å². The molecule has 2 amide bonds. The van der Waals surface area contributed by atoms with Crippen molar-refractivity contribution in [3.05, 3.63) is 50.6 Å². The molecule has 2 fully saturated rings. The smallest absolute Gasteiger partial charge is 0.280 e. The highest BCUT2D eigenvalue weighted by molar-refractivity contribution is 7.13. The molecule has 3 aromatic rings. The van der Waals surface area contributed by atoms with Gasteiger partial charge in [0.2, 0.25) is 5.91 Å². The number of hydrogen-bond acceptors (Lipinski definition) is 7. The summed E-state index contributed by atoms with van der Waals surface area (Å²) < 4.78 is 0. The summed E-state index contributed by atoms with van der Waals surface area (Å²) in [5.41, 5.74) is 3.95. The molecule has 1 aromatic carbocycles. The van der Waals surface area contributed by atoms with Crippen molar-refractivity contribution in [2.24, 2.45) is 5.92 Å². The van der Waals surface area contributed by atoms with E-state index in [0.717, 1.165) is 65.0 Å². The monoisotopic (exact) mass is 533 g/mol. The standard InChI is InChI=1S/C28H34N6O3S/c1-14-3-6-20-19(9-14)23(24(32-20)25(29)35)15-10-16(26(36)30-17-4-5-17)12-18(11-15)31-27(37)28-33-21-7-8-34(2)13-22(21)38-28/h3,6,9,15-18,32H,4-5,7-8,10-13H2,1-2H3,(H2,29,35)(H,30,36)(H,31,37)/p-1/t15?,16-,18?/m0/s1. The molecule has 1 aliphatic heterocycles. The van der Waals surface area contributed by atoms with Crippen LogP contribution in [0.25, 0.3) is 10.9 Å². The number of nitrogens with one attached hydrogen (secondary N) is 4. The van der Waals surface area contributed by atoms with E-state index in [1.165, 1.54) is 11.3 Å². The largest absolute Gasteiger partial charge is 0.858 e. The molecular formula is C28H33N6O3S-. The van der Waals surface area contributed by atoms with E-state index in [0.29, 0.717) is 24.3 Å². The van der Waals surface area contributed by atoms with Gasteiger partial charge in [0.15, 0.2) is 5.01 Å². The minimum absolute atomic E-state index is 0.0129. The number of fused-ring (bicyclic) bond motifs is 2. The van der Waals surface area contributed by atoms with Gasteiger partial charge >= 0.3 is 0 Å². The summed E-state index contributed by atoms with van der Waals surface area (Å²) in [6.07, 6.45) is 4.56. The molecule has 9 nitrogen and oxygen atoms in total. The molecule has 4 N–H and O–H groups in total. The lowest BCUT2D eigenvalue weighted by Crippen LogP contribution is -2.45. The molecule has 3 heterocycles. The van der Waals surface area contributed by atoms with Crippen molar-refractivity contribution in [2.75, 3.05) is 13.6 Å². The van der Waals surface area contributed by atoms with E-state index in [1.54, 1.807) is 0 Å². The lowest BCUT2D eigenvalue weighted by molar-refractivity contribution is -0.215. The van der Waals surface area contributed by atoms with Gasteiger partial charge in [-0.15, -0.1) is 11.3 Å². The van der Waals surface area contributed by atoms with Crippen LogP contribution >= 0.6 is 11.3 Å². The molecule has 0 bridgehead atoms. The summed E-state index contributed by atoms with van der Waals surface area (Å²) in [6, 6.07) is 5.94. The van der Waals surface area contributed by atoms with E-state index in [9.17, 15) is 14.7 Å². The zero-order valence-electron chi connectivity index (χ0n) is 21.7. The third-order valence-corrected chi connectivity index (χ3v) is 9.16. The van der Waals surface area contributed by atoms with Crippen LogP contribution in [0.1, 0.15) is 75.2 Å². The van der Waals surface area contributed by atoms with E-state index < -0.39 is 5.90 Å². The third-order valence-electron chi connectivity index (χ3n) is 8.08. The molecule has 2 unspecified atom stereocenters. The zero-order chi connectivity index (χ0) is 26.6. The maximum absolute atomic E-state index is 13.3. The molecule has 3 atom stereocenters. The van der Waals surface area contributed by atoms with Crippen LogP contribution in [0.4, 0.5) is 0 Å². The molecule has 3 aliphatic rings. The van der Waals surface area contributed by atoms with Gasteiger partial charge < -0.3 is 31.0 Å². The number of carbonyl (C=O) groups excluding carboxylic acids is 2. The predicted octanol–water partition coefficient (Wildman–Crippen LogP) is 2.57. The van der Waals surface area contributed by atoms with Crippen molar-refractivity contribution in [2.45, 2.75) is 70.0 Å². The Bertz CT molecular complexity index is 1420. The minimum atomic E-state index is -0.766. The van der Waals surface area contributed by atoms with E-state index in [4.69, 9.17) is 5.41 Å². The Hall–Kier alpha value is -3.24. The number of H-pyrrole nitrogens is 1. The van der Waals surface area contributed by atoms with Crippen molar-refractivity contribution in [3.8, 4) is 0 Å². The highest BCUT2D eigenvalue weighted by Gasteiger charge is 2.38. The number of thiazole rings is 1. The Balaban J connectivity index is 1.30. The van der Waals surface area contributed by atoms with Crippen LogP contribution in [0.15, 0.2) is 18.2 Å². The topological polar surface area (TPSA) is 137 Å². The number of aryl methyl sites for hydroxylation is 1. The normalized spacial score (nSPS) is 23.7. The molecule has 2 aliphatic carbocycles. The molecule has 38 heavy (non-hydrogen) atoms. The van der Waals surface area contributed by atoms with Crippen molar-refractivity contribution in [1.82, 2.24) is 25.5 Å². The Morgan fingerprint density at radius 1 is 1.18 bits per heavy atom.